The lowest BCUT2D eigenvalue weighted by Gasteiger charge is -2.30. The standard InChI is InChI=1S/C40H47BrN4O7/c1-5-50-37(48)40-22-26(40)15-9-7-6-8-10-19-31(44-38(49)52-39(2,3)4)36(47)45-24-28(21-32(45)33(46)23-40)51-35-34(25-14-13-16-27(41)20-25)42-29-17-11-12-18-30(29)43-35/h9,11-18,20,26,28,31-32H,5-8,10,19,21-24H2,1-4H3,(H,44,49)/b15-9-/t26-,28+,31-,32-,40+/m0/s1. The van der Waals surface area contributed by atoms with Gasteiger partial charge in [-0.3, -0.25) is 14.4 Å². The van der Waals surface area contributed by atoms with E-state index in [1.165, 1.54) is 4.90 Å². The Balaban J connectivity index is 1.35. The summed E-state index contributed by atoms with van der Waals surface area (Å²) in [5.41, 5.74) is 0.918. The number of ether oxygens (including phenoxy) is 3. The Bertz CT molecular complexity index is 1860. The van der Waals surface area contributed by atoms with E-state index in [9.17, 15) is 19.2 Å². The average Bonchev–Trinajstić information content (AvgIpc) is 3.62. The summed E-state index contributed by atoms with van der Waals surface area (Å²) in [7, 11) is 0. The number of rotatable bonds is 6. The number of ketones is 1. The van der Waals surface area contributed by atoms with Gasteiger partial charge in [0.05, 0.1) is 35.6 Å². The van der Waals surface area contributed by atoms with Crippen molar-refractivity contribution >= 4 is 50.7 Å². The first-order valence-corrected chi connectivity index (χ1v) is 19.0. The van der Waals surface area contributed by atoms with Crippen LogP contribution in [-0.2, 0) is 23.9 Å². The molecule has 2 fully saturated rings. The third-order valence-corrected chi connectivity index (χ3v) is 10.4. The summed E-state index contributed by atoms with van der Waals surface area (Å²) < 4.78 is 18.5. The molecule has 1 saturated heterocycles. The zero-order valence-electron chi connectivity index (χ0n) is 30.2. The van der Waals surface area contributed by atoms with E-state index in [-0.39, 0.29) is 49.5 Å². The predicted octanol–water partition coefficient (Wildman–Crippen LogP) is 7.35. The molecule has 11 nitrogen and oxygen atoms in total. The molecule has 1 saturated carbocycles. The number of fused-ring (bicyclic) bond motifs is 3. The summed E-state index contributed by atoms with van der Waals surface area (Å²) in [6.07, 6.45) is 7.02. The number of para-hydroxylation sites is 2. The number of carbonyl (C=O) groups is 4. The maximum absolute atomic E-state index is 14.5. The fourth-order valence-corrected chi connectivity index (χ4v) is 7.63. The van der Waals surface area contributed by atoms with Gasteiger partial charge in [0.2, 0.25) is 11.8 Å². The lowest BCUT2D eigenvalue weighted by molar-refractivity contribution is -0.152. The van der Waals surface area contributed by atoms with Crippen LogP contribution in [-0.4, -0.2) is 75.6 Å². The Labute approximate surface area is 313 Å². The van der Waals surface area contributed by atoms with Gasteiger partial charge >= 0.3 is 12.1 Å². The van der Waals surface area contributed by atoms with Crippen molar-refractivity contribution in [2.75, 3.05) is 13.2 Å². The molecule has 2 aliphatic heterocycles. The first-order chi connectivity index (χ1) is 24.9. The molecule has 2 amide bonds. The van der Waals surface area contributed by atoms with Gasteiger partial charge in [0.25, 0.3) is 0 Å². The number of esters is 1. The van der Waals surface area contributed by atoms with Gasteiger partial charge in [0.15, 0.2) is 5.78 Å². The molecule has 5 atom stereocenters. The van der Waals surface area contributed by atoms with Gasteiger partial charge in [-0.15, -0.1) is 0 Å². The van der Waals surface area contributed by atoms with E-state index in [4.69, 9.17) is 24.2 Å². The number of benzene rings is 2. The fraction of sp³-hybridized carbons (Fsp3) is 0.500. The lowest BCUT2D eigenvalue weighted by atomic mass is 9.91. The van der Waals surface area contributed by atoms with Gasteiger partial charge in [-0.2, -0.15) is 0 Å². The molecule has 12 heteroatoms. The highest BCUT2D eigenvalue weighted by Crippen LogP contribution is 2.57. The predicted molar refractivity (Wildman–Crippen MR) is 199 cm³/mol. The van der Waals surface area contributed by atoms with E-state index >= 15 is 0 Å². The number of hydrogen-bond acceptors (Lipinski definition) is 9. The van der Waals surface area contributed by atoms with Crippen molar-refractivity contribution in [3.8, 4) is 17.1 Å². The van der Waals surface area contributed by atoms with E-state index in [1.54, 1.807) is 27.7 Å². The van der Waals surface area contributed by atoms with Crippen LogP contribution < -0.4 is 10.1 Å². The van der Waals surface area contributed by atoms with E-state index in [0.29, 0.717) is 36.0 Å². The first kappa shape index (κ1) is 37.4. The highest BCUT2D eigenvalue weighted by molar-refractivity contribution is 9.10. The van der Waals surface area contributed by atoms with Gasteiger partial charge in [0.1, 0.15) is 23.4 Å². The van der Waals surface area contributed by atoms with E-state index in [2.05, 4.69) is 27.3 Å². The molecule has 3 aliphatic rings. The monoisotopic (exact) mass is 774 g/mol. The summed E-state index contributed by atoms with van der Waals surface area (Å²) in [6, 6.07) is 13.4. The second-order valence-corrected chi connectivity index (χ2v) is 15.9. The summed E-state index contributed by atoms with van der Waals surface area (Å²) in [5, 5.41) is 2.81. The molecule has 1 aromatic heterocycles. The molecule has 1 N–H and O–H groups in total. The van der Waals surface area contributed by atoms with Crippen molar-refractivity contribution in [1.29, 1.82) is 0 Å². The van der Waals surface area contributed by atoms with Crippen LogP contribution in [0.3, 0.4) is 0 Å². The lowest BCUT2D eigenvalue weighted by Crippen LogP contribution is -2.52. The van der Waals surface area contributed by atoms with Crippen LogP contribution >= 0.6 is 15.9 Å². The Kier molecular flexibility index (Phi) is 11.3. The average molecular weight is 776 g/mol. The molecule has 0 radical (unpaired) electrons. The summed E-state index contributed by atoms with van der Waals surface area (Å²) >= 11 is 3.55. The van der Waals surface area contributed by atoms with Crippen molar-refractivity contribution in [1.82, 2.24) is 20.2 Å². The van der Waals surface area contributed by atoms with Crippen molar-refractivity contribution in [2.24, 2.45) is 11.3 Å². The first-order valence-electron chi connectivity index (χ1n) is 18.2. The number of Topliss-reactive ketones (excluding diaryl/α,β-unsaturated/α-hetero) is 1. The van der Waals surface area contributed by atoms with Crippen LogP contribution in [0.5, 0.6) is 5.88 Å². The maximum Gasteiger partial charge on any atom is 0.408 e. The number of aromatic nitrogens is 2. The maximum atomic E-state index is 14.5. The summed E-state index contributed by atoms with van der Waals surface area (Å²) in [4.78, 5) is 66.6. The molecular formula is C40H47BrN4O7. The molecule has 0 bridgehead atoms. The Morgan fingerprint density at radius 3 is 2.54 bits per heavy atom. The molecule has 1 aliphatic carbocycles. The minimum Gasteiger partial charge on any atom is -0.471 e. The Morgan fingerprint density at radius 1 is 1.04 bits per heavy atom. The van der Waals surface area contributed by atoms with Gasteiger partial charge in [-0.1, -0.05) is 65.2 Å². The van der Waals surface area contributed by atoms with Gasteiger partial charge in [-0.05, 0) is 83.6 Å². The van der Waals surface area contributed by atoms with Gasteiger partial charge < -0.3 is 24.4 Å². The Hall–Kier alpha value is -4.32. The van der Waals surface area contributed by atoms with Crippen molar-refractivity contribution in [3.63, 3.8) is 0 Å². The highest BCUT2D eigenvalue weighted by atomic mass is 79.9. The third-order valence-electron chi connectivity index (χ3n) is 9.86. The smallest absolute Gasteiger partial charge is 0.408 e. The van der Waals surface area contributed by atoms with E-state index in [0.717, 1.165) is 29.3 Å². The zero-order chi connectivity index (χ0) is 37.0. The van der Waals surface area contributed by atoms with Crippen LogP contribution in [0.25, 0.3) is 22.3 Å². The number of allylic oxidation sites excluding steroid dienone is 2. The van der Waals surface area contributed by atoms with Crippen molar-refractivity contribution < 1.29 is 33.4 Å². The second-order valence-electron chi connectivity index (χ2n) is 15.0. The van der Waals surface area contributed by atoms with Crippen LogP contribution in [0, 0.1) is 11.3 Å². The van der Waals surface area contributed by atoms with Crippen LogP contribution in [0.4, 0.5) is 4.79 Å². The number of amides is 2. The topological polar surface area (TPSA) is 137 Å². The Morgan fingerprint density at radius 2 is 1.81 bits per heavy atom. The van der Waals surface area contributed by atoms with Gasteiger partial charge in [-0.25, -0.2) is 14.8 Å². The SMILES string of the molecule is CCOC(=O)[C@]12CC(=O)[C@@H]3C[C@@H](Oc4nc5ccccc5nc4-c4cccc(Br)c4)CN3C(=O)[C@@H](NC(=O)OC(C)(C)C)CCCCC/C=C\[C@H]1C2. The summed E-state index contributed by atoms with van der Waals surface area (Å²) in [5.74, 6) is -0.854. The van der Waals surface area contributed by atoms with Crippen LogP contribution in [0.2, 0.25) is 0 Å². The minimum atomic E-state index is -0.969. The fourth-order valence-electron chi connectivity index (χ4n) is 7.23. The number of hydrogen-bond donors (Lipinski definition) is 1. The molecule has 2 aromatic carbocycles. The molecule has 52 heavy (non-hydrogen) atoms. The molecule has 0 spiro atoms. The van der Waals surface area contributed by atoms with E-state index in [1.807, 2.05) is 54.6 Å². The molecule has 3 aromatic rings. The quantitative estimate of drug-likeness (QED) is 0.201. The van der Waals surface area contributed by atoms with Gasteiger partial charge in [0, 0.05) is 22.9 Å². The minimum absolute atomic E-state index is 0.0642. The molecular weight excluding hydrogens is 728 g/mol. The number of nitrogens with zero attached hydrogens (tertiary/aromatic N) is 3. The third kappa shape index (κ3) is 8.65. The number of halogens is 1. The molecule has 276 valence electrons. The van der Waals surface area contributed by atoms with Crippen molar-refractivity contribution in [2.45, 2.75) is 103 Å². The highest BCUT2D eigenvalue weighted by Gasteiger charge is 2.61. The largest absolute Gasteiger partial charge is 0.471 e. The second kappa shape index (κ2) is 15.7. The molecule has 0 unspecified atom stereocenters. The molecule has 6 rings (SSSR count). The number of nitrogens with one attached hydrogen (secondary N) is 1. The van der Waals surface area contributed by atoms with Crippen LogP contribution in [0.1, 0.15) is 79.1 Å². The zero-order valence-corrected chi connectivity index (χ0v) is 31.8. The normalized spacial score (nSPS) is 26.0. The van der Waals surface area contributed by atoms with E-state index < -0.39 is 41.2 Å². The summed E-state index contributed by atoms with van der Waals surface area (Å²) in [6.45, 7) is 7.32. The number of carbonyl (C=O) groups excluding carboxylic acids is 4. The van der Waals surface area contributed by atoms with Crippen molar-refractivity contribution in [3.05, 3.63) is 65.2 Å². The van der Waals surface area contributed by atoms with Crippen LogP contribution in [0.15, 0.2) is 65.2 Å². The molecule has 3 heterocycles. The number of alkyl carbamates (subject to hydrolysis) is 1.